The number of thiazole rings is 1. The second kappa shape index (κ2) is 6.66. The molecule has 0 aliphatic carbocycles. The Balaban J connectivity index is 1.88. The number of hydrogen-bond acceptors (Lipinski definition) is 4. The van der Waals surface area contributed by atoms with Crippen LogP contribution in [0.1, 0.15) is 15.2 Å². The molecule has 3 aromatic rings. The molecule has 3 rings (SSSR count). The molecule has 4 nitrogen and oxygen atoms in total. The zero-order valence-electron chi connectivity index (χ0n) is 12.0. The molecule has 2 aromatic heterocycles. The zero-order chi connectivity index (χ0) is 16.4. The van der Waals surface area contributed by atoms with Gasteiger partial charge in [-0.3, -0.25) is 15.1 Å². The molecular weight excluding hydrogens is 353 g/mol. The molecule has 2 heterocycles. The van der Waals surface area contributed by atoms with Crippen LogP contribution in [0.3, 0.4) is 0 Å². The largest absolute Gasteiger partial charge is 0.298 e. The van der Waals surface area contributed by atoms with Crippen LogP contribution >= 0.6 is 34.5 Å². The Kier molecular flexibility index (Phi) is 4.61. The third-order valence-corrected chi connectivity index (χ3v) is 4.56. The normalized spacial score (nSPS) is 10.6. The Labute approximate surface area is 147 Å². The standard InChI is InChI=1S/C16H11Cl2N3OS/c1-9-14(12-5-4-11(17)7-13(12)18)20-16(23-9)21-15(22)10-3-2-6-19-8-10/h2-8H,1H3,(H,20,21,22). The highest BCUT2D eigenvalue weighted by Gasteiger charge is 2.15. The minimum Gasteiger partial charge on any atom is -0.298 e. The zero-order valence-corrected chi connectivity index (χ0v) is 14.3. The quantitative estimate of drug-likeness (QED) is 0.706. The van der Waals surface area contributed by atoms with Crippen LogP contribution in [-0.2, 0) is 0 Å². The molecule has 0 unspecified atom stereocenters. The summed E-state index contributed by atoms with van der Waals surface area (Å²) in [5, 5.41) is 4.38. The van der Waals surface area contributed by atoms with Gasteiger partial charge in [-0.1, -0.05) is 23.2 Å². The van der Waals surface area contributed by atoms with E-state index in [9.17, 15) is 4.79 Å². The molecule has 0 saturated carbocycles. The highest BCUT2D eigenvalue weighted by molar-refractivity contribution is 7.16. The number of carbonyl (C=O) groups excluding carboxylic acids is 1. The number of benzene rings is 1. The van der Waals surface area contributed by atoms with Gasteiger partial charge >= 0.3 is 0 Å². The van der Waals surface area contributed by atoms with E-state index in [-0.39, 0.29) is 5.91 Å². The fraction of sp³-hybridized carbons (Fsp3) is 0.0625. The van der Waals surface area contributed by atoms with Crippen LogP contribution in [0.25, 0.3) is 11.3 Å². The van der Waals surface area contributed by atoms with Gasteiger partial charge < -0.3 is 0 Å². The Morgan fingerprint density at radius 2 is 2.09 bits per heavy atom. The van der Waals surface area contributed by atoms with Crippen LogP contribution in [0.4, 0.5) is 5.13 Å². The molecule has 1 aromatic carbocycles. The number of amides is 1. The van der Waals surface area contributed by atoms with Crippen molar-refractivity contribution in [1.29, 1.82) is 0 Å². The van der Waals surface area contributed by atoms with Gasteiger partial charge in [-0.15, -0.1) is 11.3 Å². The summed E-state index contributed by atoms with van der Waals surface area (Å²) in [4.78, 5) is 21.5. The number of aromatic nitrogens is 2. The number of hydrogen-bond donors (Lipinski definition) is 1. The summed E-state index contributed by atoms with van der Waals surface area (Å²) in [5.41, 5.74) is 2.00. The second-order valence-corrected chi connectivity index (χ2v) is 6.79. The predicted octanol–water partition coefficient (Wildman–Crippen LogP) is 5.07. The smallest absolute Gasteiger partial charge is 0.259 e. The van der Waals surface area contributed by atoms with Crippen molar-refractivity contribution in [1.82, 2.24) is 9.97 Å². The lowest BCUT2D eigenvalue weighted by atomic mass is 10.1. The maximum absolute atomic E-state index is 12.2. The molecule has 0 spiro atoms. The fourth-order valence-corrected chi connectivity index (χ4v) is 3.37. The van der Waals surface area contributed by atoms with Gasteiger partial charge in [0.05, 0.1) is 16.3 Å². The van der Waals surface area contributed by atoms with Gasteiger partial charge in [0.25, 0.3) is 5.91 Å². The maximum Gasteiger partial charge on any atom is 0.259 e. The van der Waals surface area contributed by atoms with Crippen LogP contribution in [-0.4, -0.2) is 15.9 Å². The van der Waals surface area contributed by atoms with Crippen molar-refractivity contribution < 1.29 is 4.79 Å². The molecule has 0 bridgehead atoms. The number of carbonyl (C=O) groups is 1. The molecule has 116 valence electrons. The van der Waals surface area contributed by atoms with Gasteiger partial charge in [-0.05, 0) is 37.3 Å². The van der Waals surface area contributed by atoms with Crippen molar-refractivity contribution in [2.75, 3.05) is 5.32 Å². The molecular formula is C16H11Cl2N3OS. The number of halogens is 2. The van der Waals surface area contributed by atoms with E-state index < -0.39 is 0 Å². The number of anilines is 1. The highest BCUT2D eigenvalue weighted by Crippen LogP contribution is 2.35. The van der Waals surface area contributed by atoms with E-state index in [4.69, 9.17) is 23.2 Å². The summed E-state index contributed by atoms with van der Waals surface area (Å²) >= 11 is 13.5. The Bertz CT molecular complexity index is 865. The molecule has 7 heteroatoms. The lowest BCUT2D eigenvalue weighted by molar-refractivity contribution is 0.102. The summed E-state index contributed by atoms with van der Waals surface area (Å²) < 4.78 is 0. The van der Waals surface area contributed by atoms with E-state index in [0.717, 1.165) is 16.1 Å². The molecule has 0 aliphatic rings. The lowest BCUT2D eigenvalue weighted by Crippen LogP contribution is -2.11. The molecule has 1 amide bonds. The maximum atomic E-state index is 12.2. The van der Waals surface area contributed by atoms with Crippen LogP contribution in [0.15, 0.2) is 42.7 Å². The van der Waals surface area contributed by atoms with Gasteiger partial charge in [0.15, 0.2) is 5.13 Å². The number of aryl methyl sites for hydroxylation is 1. The van der Waals surface area contributed by atoms with E-state index in [1.165, 1.54) is 17.5 Å². The molecule has 23 heavy (non-hydrogen) atoms. The first-order valence-electron chi connectivity index (χ1n) is 6.69. The van der Waals surface area contributed by atoms with Gasteiger partial charge in [0.2, 0.25) is 0 Å². The fourth-order valence-electron chi connectivity index (χ4n) is 2.05. The topological polar surface area (TPSA) is 54.9 Å². The molecule has 0 fully saturated rings. The summed E-state index contributed by atoms with van der Waals surface area (Å²) in [6, 6.07) is 8.65. The first-order chi connectivity index (χ1) is 11.0. The number of pyridine rings is 1. The average Bonchev–Trinajstić information content (AvgIpc) is 2.88. The summed E-state index contributed by atoms with van der Waals surface area (Å²) in [7, 11) is 0. The lowest BCUT2D eigenvalue weighted by Gasteiger charge is -2.03. The van der Waals surface area contributed by atoms with Crippen molar-refractivity contribution in [2.24, 2.45) is 0 Å². The van der Waals surface area contributed by atoms with Gasteiger partial charge in [0.1, 0.15) is 0 Å². The van der Waals surface area contributed by atoms with Crippen molar-refractivity contribution in [3.63, 3.8) is 0 Å². The third kappa shape index (κ3) is 3.52. The Morgan fingerprint density at radius 3 is 2.78 bits per heavy atom. The summed E-state index contributed by atoms with van der Waals surface area (Å²) in [6.45, 7) is 1.93. The average molecular weight is 364 g/mol. The van der Waals surface area contributed by atoms with Crippen LogP contribution in [0, 0.1) is 6.92 Å². The van der Waals surface area contributed by atoms with Crippen LogP contribution < -0.4 is 5.32 Å². The molecule has 0 aliphatic heterocycles. The second-order valence-electron chi connectivity index (χ2n) is 4.74. The van der Waals surface area contributed by atoms with Crippen molar-refractivity contribution in [3.8, 4) is 11.3 Å². The monoisotopic (exact) mass is 363 g/mol. The van der Waals surface area contributed by atoms with Gasteiger partial charge in [-0.25, -0.2) is 4.98 Å². The number of nitrogens with zero attached hydrogens (tertiary/aromatic N) is 2. The van der Waals surface area contributed by atoms with E-state index in [2.05, 4.69) is 15.3 Å². The van der Waals surface area contributed by atoms with E-state index in [1.807, 2.05) is 13.0 Å². The molecule has 0 saturated heterocycles. The minimum atomic E-state index is -0.249. The van der Waals surface area contributed by atoms with E-state index >= 15 is 0 Å². The predicted molar refractivity (Wildman–Crippen MR) is 94.5 cm³/mol. The first kappa shape index (κ1) is 15.9. The highest BCUT2D eigenvalue weighted by atomic mass is 35.5. The third-order valence-electron chi connectivity index (χ3n) is 3.13. The Morgan fingerprint density at radius 1 is 1.26 bits per heavy atom. The molecule has 0 radical (unpaired) electrons. The summed E-state index contributed by atoms with van der Waals surface area (Å²) in [6.07, 6.45) is 3.12. The molecule has 0 atom stereocenters. The number of nitrogens with one attached hydrogen (secondary N) is 1. The van der Waals surface area contributed by atoms with Crippen LogP contribution in [0.2, 0.25) is 10.0 Å². The van der Waals surface area contributed by atoms with Gasteiger partial charge in [0, 0.05) is 27.9 Å². The minimum absolute atomic E-state index is 0.249. The van der Waals surface area contributed by atoms with Crippen molar-refractivity contribution >= 4 is 45.6 Å². The van der Waals surface area contributed by atoms with E-state index in [0.29, 0.717) is 20.7 Å². The van der Waals surface area contributed by atoms with Crippen molar-refractivity contribution in [2.45, 2.75) is 6.92 Å². The van der Waals surface area contributed by atoms with Crippen molar-refractivity contribution in [3.05, 3.63) is 63.2 Å². The number of rotatable bonds is 3. The SMILES string of the molecule is Cc1sc(NC(=O)c2cccnc2)nc1-c1ccc(Cl)cc1Cl. The molecule has 1 N–H and O–H groups in total. The van der Waals surface area contributed by atoms with E-state index in [1.54, 1.807) is 30.5 Å². The summed E-state index contributed by atoms with van der Waals surface area (Å²) in [5.74, 6) is -0.249. The van der Waals surface area contributed by atoms with Gasteiger partial charge in [-0.2, -0.15) is 0 Å². The first-order valence-corrected chi connectivity index (χ1v) is 8.26. The van der Waals surface area contributed by atoms with Crippen LogP contribution in [0.5, 0.6) is 0 Å². The Hall–Kier alpha value is -1.95.